The highest BCUT2D eigenvalue weighted by Gasteiger charge is 2.07. The SMILES string of the molecule is ONCC1CC=CCC1. The van der Waals surface area contributed by atoms with E-state index in [0.717, 1.165) is 13.0 Å². The van der Waals surface area contributed by atoms with Gasteiger partial charge in [0.05, 0.1) is 0 Å². The van der Waals surface area contributed by atoms with Crippen LogP contribution in [0.4, 0.5) is 0 Å². The lowest BCUT2D eigenvalue weighted by Crippen LogP contribution is -2.19. The van der Waals surface area contributed by atoms with Gasteiger partial charge in [-0.2, -0.15) is 0 Å². The summed E-state index contributed by atoms with van der Waals surface area (Å²) in [6.45, 7) is 0.740. The second-order valence-corrected chi connectivity index (χ2v) is 2.51. The van der Waals surface area contributed by atoms with Crippen molar-refractivity contribution in [3.63, 3.8) is 0 Å². The van der Waals surface area contributed by atoms with Crippen molar-refractivity contribution in [3.8, 4) is 0 Å². The Hall–Kier alpha value is -0.340. The molecule has 1 aliphatic carbocycles. The maximum absolute atomic E-state index is 8.34. The summed E-state index contributed by atoms with van der Waals surface area (Å²) in [6, 6.07) is 0. The Morgan fingerprint density at radius 1 is 1.56 bits per heavy atom. The van der Waals surface area contributed by atoms with Gasteiger partial charge in [0.15, 0.2) is 0 Å². The maximum Gasteiger partial charge on any atom is 0.0238 e. The van der Waals surface area contributed by atoms with E-state index in [2.05, 4.69) is 17.6 Å². The Balaban J connectivity index is 2.18. The third-order valence-electron chi connectivity index (χ3n) is 1.76. The molecular weight excluding hydrogens is 114 g/mol. The third kappa shape index (κ3) is 2.16. The van der Waals surface area contributed by atoms with E-state index in [4.69, 9.17) is 5.21 Å². The summed E-state index contributed by atoms with van der Waals surface area (Å²) in [6.07, 6.45) is 7.89. The predicted octanol–water partition coefficient (Wildman–Crippen LogP) is 1.32. The summed E-state index contributed by atoms with van der Waals surface area (Å²) >= 11 is 0. The van der Waals surface area contributed by atoms with E-state index in [9.17, 15) is 0 Å². The molecule has 0 amide bonds. The Kier molecular flexibility index (Phi) is 2.74. The molecule has 0 aromatic rings. The van der Waals surface area contributed by atoms with Crippen molar-refractivity contribution in [1.29, 1.82) is 0 Å². The Morgan fingerprint density at radius 2 is 2.44 bits per heavy atom. The standard InChI is InChI=1S/C7H13NO/c9-8-6-7-4-2-1-3-5-7/h1-2,7-9H,3-6H2. The van der Waals surface area contributed by atoms with Crippen molar-refractivity contribution in [3.05, 3.63) is 12.2 Å². The molecule has 0 saturated heterocycles. The molecule has 2 N–H and O–H groups in total. The molecule has 0 aliphatic heterocycles. The molecule has 9 heavy (non-hydrogen) atoms. The lowest BCUT2D eigenvalue weighted by atomic mass is 9.95. The summed E-state index contributed by atoms with van der Waals surface area (Å²) in [5.41, 5.74) is 2.20. The highest BCUT2D eigenvalue weighted by molar-refractivity contribution is 4.90. The maximum atomic E-state index is 8.34. The van der Waals surface area contributed by atoms with E-state index in [-0.39, 0.29) is 0 Å². The minimum Gasteiger partial charge on any atom is -0.317 e. The topological polar surface area (TPSA) is 32.3 Å². The quantitative estimate of drug-likeness (QED) is 0.433. The molecular formula is C7H13NO. The van der Waals surface area contributed by atoms with Gasteiger partial charge in [-0.25, -0.2) is 5.48 Å². The lowest BCUT2D eigenvalue weighted by molar-refractivity contribution is 0.146. The zero-order chi connectivity index (χ0) is 6.53. The first-order chi connectivity index (χ1) is 4.43. The fraction of sp³-hybridized carbons (Fsp3) is 0.714. The summed E-state index contributed by atoms with van der Waals surface area (Å²) in [7, 11) is 0. The summed E-state index contributed by atoms with van der Waals surface area (Å²) in [5, 5.41) is 8.34. The Labute approximate surface area is 55.5 Å². The number of hydrogen-bond acceptors (Lipinski definition) is 2. The first kappa shape index (κ1) is 6.78. The minimum absolute atomic E-state index is 0.653. The van der Waals surface area contributed by atoms with E-state index < -0.39 is 0 Å². The average Bonchev–Trinajstić information content (AvgIpc) is 1.91. The first-order valence-corrected chi connectivity index (χ1v) is 3.45. The van der Waals surface area contributed by atoms with Gasteiger partial charge in [-0.3, -0.25) is 0 Å². The molecule has 0 spiro atoms. The average molecular weight is 127 g/mol. The molecule has 0 bridgehead atoms. The molecule has 52 valence electrons. The smallest absolute Gasteiger partial charge is 0.0238 e. The van der Waals surface area contributed by atoms with Crippen molar-refractivity contribution >= 4 is 0 Å². The van der Waals surface area contributed by atoms with Gasteiger partial charge >= 0.3 is 0 Å². The molecule has 1 unspecified atom stereocenters. The zero-order valence-corrected chi connectivity index (χ0v) is 5.51. The van der Waals surface area contributed by atoms with Crippen molar-refractivity contribution in [1.82, 2.24) is 5.48 Å². The van der Waals surface area contributed by atoms with Gasteiger partial charge in [0.1, 0.15) is 0 Å². The predicted molar refractivity (Wildman–Crippen MR) is 36.3 cm³/mol. The molecule has 0 heterocycles. The van der Waals surface area contributed by atoms with E-state index >= 15 is 0 Å². The molecule has 1 aliphatic rings. The van der Waals surface area contributed by atoms with Crippen LogP contribution in [0.25, 0.3) is 0 Å². The van der Waals surface area contributed by atoms with Crippen LogP contribution < -0.4 is 5.48 Å². The molecule has 1 rings (SSSR count). The Bertz CT molecular complexity index is 101. The molecule has 0 radical (unpaired) electrons. The number of hydrogen-bond donors (Lipinski definition) is 2. The molecule has 0 saturated carbocycles. The summed E-state index contributed by atoms with van der Waals surface area (Å²) < 4.78 is 0. The van der Waals surface area contributed by atoms with E-state index in [1.54, 1.807) is 0 Å². The number of rotatable bonds is 2. The van der Waals surface area contributed by atoms with Crippen molar-refractivity contribution in [2.45, 2.75) is 19.3 Å². The molecule has 0 aromatic carbocycles. The first-order valence-electron chi connectivity index (χ1n) is 3.45. The number of nitrogens with one attached hydrogen (secondary N) is 1. The van der Waals surface area contributed by atoms with E-state index in [1.165, 1.54) is 12.8 Å². The molecule has 0 fully saturated rings. The van der Waals surface area contributed by atoms with Gasteiger partial charge in [-0.15, -0.1) is 0 Å². The number of hydroxylamine groups is 1. The van der Waals surface area contributed by atoms with Gasteiger partial charge in [-0.05, 0) is 25.2 Å². The van der Waals surface area contributed by atoms with Crippen molar-refractivity contribution in [2.24, 2.45) is 5.92 Å². The Morgan fingerprint density at radius 3 is 3.00 bits per heavy atom. The molecule has 2 heteroatoms. The van der Waals surface area contributed by atoms with E-state index in [1.807, 2.05) is 0 Å². The van der Waals surface area contributed by atoms with Gasteiger partial charge in [0.25, 0.3) is 0 Å². The van der Waals surface area contributed by atoms with Gasteiger partial charge in [0.2, 0.25) is 0 Å². The molecule has 0 aromatic heterocycles. The van der Waals surface area contributed by atoms with Crippen LogP contribution in [0.15, 0.2) is 12.2 Å². The second kappa shape index (κ2) is 3.64. The van der Waals surface area contributed by atoms with Crippen LogP contribution >= 0.6 is 0 Å². The van der Waals surface area contributed by atoms with Crippen LogP contribution in [-0.4, -0.2) is 11.8 Å². The fourth-order valence-corrected chi connectivity index (χ4v) is 1.17. The number of allylic oxidation sites excluding steroid dienone is 2. The highest BCUT2D eigenvalue weighted by Crippen LogP contribution is 2.16. The van der Waals surface area contributed by atoms with Crippen LogP contribution in [0, 0.1) is 5.92 Å². The van der Waals surface area contributed by atoms with Gasteiger partial charge in [-0.1, -0.05) is 12.2 Å². The monoisotopic (exact) mass is 127 g/mol. The normalized spacial score (nSPS) is 26.6. The van der Waals surface area contributed by atoms with Crippen LogP contribution in [0.1, 0.15) is 19.3 Å². The second-order valence-electron chi connectivity index (χ2n) is 2.51. The largest absolute Gasteiger partial charge is 0.317 e. The van der Waals surface area contributed by atoms with E-state index in [0.29, 0.717) is 5.92 Å². The van der Waals surface area contributed by atoms with Crippen LogP contribution in [0.2, 0.25) is 0 Å². The minimum atomic E-state index is 0.653. The zero-order valence-electron chi connectivity index (χ0n) is 5.51. The van der Waals surface area contributed by atoms with Crippen LogP contribution in [0.5, 0.6) is 0 Å². The summed E-state index contributed by atoms with van der Waals surface area (Å²) in [4.78, 5) is 0. The van der Waals surface area contributed by atoms with Crippen LogP contribution in [0.3, 0.4) is 0 Å². The van der Waals surface area contributed by atoms with Crippen molar-refractivity contribution in [2.75, 3.05) is 6.54 Å². The highest BCUT2D eigenvalue weighted by atomic mass is 16.5. The fourth-order valence-electron chi connectivity index (χ4n) is 1.17. The molecule has 1 atom stereocenters. The third-order valence-corrected chi connectivity index (χ3v) is 1.76. The van der Waals surface area contributed by atoms with Crippen molar-refractivity contribution < 1.29 is 5.21 Å². The molecule has 2 nitrogen and oxygen atoms in total. The summed E-state index contributed by atoms with van der Waals surface area (Å²) in [5.74, 6) is 0.653. The lowest BCUT2D eigenvalue weighted by Gasteiger charge is -2.15. The van der Waals surface area contributed by atoms with Gasteiger partial charge < -0.3 is 5.21 Å². The van der Waals surface area contributed by atoms with Gasteiger partial charge in [0, 0.05) is 6.54 Å². The van der Waals surface area contributed by atoms with Crippen LogP contribution in [-0.2, 0) is 0 Å².